The molecule has 2 rings (SSSR count). The van der Waals surface area contributed by atoms with Gasteiger partial charge in [-0.2, -0.15) is 10.1 Å². The second kappa shape index (κ2) is 7.26. The van der Waals surface area contributed by atoms with Crippen molar-refractivity contribution >= 4 is 11.8 Å². The molecule has 0 aliphatic heterocycles. The van der Waals surface area contributed by atoms with E-state index in [9.17, 15) is 0 Å². The van der Waals surface area contributed by atoms with Crippen molar-refractivity contribution in [3.05, 3.63) is 6.20 Å². The van der Waals surface area contributed by atoms with Gasteiger partial charge in [0.2, 0.25) is 5.95 Å². The molecule has 1 aromatic rings. The summed E-state index contributed by atoms with van der Waals surface area (Å²) in [5.41, 5.74) is 0. The molecular formula is C14H25N5. The smallest absolute Gasteiger partial charge is 0.247 e. The molecule has 0 saturated heterocycles. The van der Waals surface area contributed by atoms with Crippen LogP contribution in [0.4, 0.5) is 11.8 Å². The van der Waals surface area contributed by atoms with Crippen LogP contribution in [0, 0.1) is 0 Å². The summed E-state index contributed by atoms with van der Waals surface area (Å²) in [5, 5.41) is 11.8. The zero-order valence-electron chi connectivity index (χ0n) is 12.1. The highest BCUT2D eigenvalue weighted by Crippen LogP contribution is 2.21. The maximum atomic E-state index is 4.62. The second-order valence-electron chi connectivity index (χ2n) is 5.25. The molecule has 0 spiro atoms. The van der Waals surface area contributed by atoms with E-state index in [1.54, 1.807) is 6.20 Å². The van der Waals surface area contributed by atoms with Crippen molar-refractivity contribution in [2.24, 2.45) is 0 Å². The summed E-state index contributed by atoms with van der Waals surface area (Å²) in [7, 11) is 0. The molecule has 0 atom stereocenters. The largest absolute Gasteiger partial charge is 0.366 e. The lowest BCUT2D eigenvalue weighted by molar-refractivity contribution is 0.704. The van der Waals surface area contributed by atoms with Gasteiger partial charge in [0.1, 0.15) is 0 Å². The molecule has 1 aliphatic rings. The second-order valence-corrected chi connectivity index (χ2v) is 5.25. The fraction of sp³-hybridized carbons (Fsp3) is 0.786. The van der Waals surface area contributed by atoms with E-state index in [0.29, 0.717) is 6.04 Å². The van der Waals surface area contributed by atoms with Crippen LogP contribution >= 0.6 is 0 Å². The average Bonchev–Trinajstić information content (AvgIpc) is 2.92. The van der Waals surface area contributed by atoms with Gasteiger partial charge in [0.15, 0.2) is 5.82 Å². The van der Waals surface area contributed by atoms with Crippen LogP contribution in [0.5, 0.6) is 0 Å². The van der Waals surface area contributed by atoms with Crippen LogP contribution in [0.2, 0.25) is 0 Å². The van der Waals surface area contributed by atoms with Crippen molar-refractivity contribution in [3.63, 3.8) is 0 Å². The lowest BCUT2D eigenvalue weighted by Crippen LogP contribution is -2.28. The quantitative estimate of drug-likeness (QED) is 0.819. The Morgan fingerprint density at radius 1 is 1.21 bits per heavy atom. The molecule has 0 aromatic carbocycles. The summed E-state index contributed by atoms with van der Waals surface area (Å²) in [5.74, 6) is 1.63. The number of hydrogen-bond donors (Lipinski definition) is 1. The first-order valence-corrected chi connectivity index (χ1v) is 7.54. The summed E-state index contributed by atoms with van der Waals surface area (Å²) < 4.78 is 0. The first-order chi connectivity index (χ1) is 9.33. The molecule has 0 unspecified atom stereocenters. The van der Waals surface area contributed by atoms with Crippen LogP contribution in [-0.4, -0.2) is 34.3 Å². The lowest BCUT2D eigenvalue weighted by Gasteiger charge is -2.21. The lowest BCUT2D eigenvalue weighted by atomic mass is 10.2. The van der Waals surface area contributed by atoms with E-state index in [2.05, 4.69) is 39.2 Å². The average molecular weight is 263 g/mol. The maximum Gasteiger partial charge on any atom is 0.247 e. The number of anilines is 2. The zero-order chi connectivity index (χ0) is 13.5. The van der Waals surface area contributed by atoms with Crippen molar-refractivity contribution in [1.29, 1.82) is 0 Å². The third kappa shape index (κ3) is 4.04. The van der Waals surface area contributed by atoms with Gasteiger partial charge in [0, 0.05) is 19.1 Å². The fourth-order valence-corrected chi connectivity index (χ4v) is 2.63. The van der Waals surface area contributed by atoms with E-state index in [4.69, 9.17) is 0 Å². The summed E-state index contributed by atoms with van der Waals surface area (Å²) >= 11 is 0. The Morgan fingerprint density at radius 2 is 1.89 bits per heavy atom. The number of nitrogens with one attached hydrogen (secondary N) is 1. The van der Waals surface area contributed by atoms with E-state index in [0.717, 1.165) is 37.7 Å². The van der Waals surface area contributed by atoms with Gasteiger partial charge < -0.3 is 10.2 Å². The van der Waals surface area contributed by atoms with Crippen LogP contribution in [0.3, 0.4) is 0 Å². The summed E-state index contributed by atoms with van der Waals surface area (Å²) in [4.78, 5) is 6.83. The normalized spacial score (nSPS) is 15.7. The Morgan fingerprint density at radius 3 is 2.53 bits per heavy atom. The van der Waals surface area contributed by atoms with Crippen LogP contribution in [0.25, 0.3) is 0 Å². The summed E-state index contributed by atoms with van der Waals surface area (Å²) in [6.07, 6.45) is 9.06. The third-order valence-corrected chi connectivity index (χ3v) is 3.52. The number of rotatable bonds is 7. The van der Waals surface area contributed by atoms with Crippen molar-refractivity contribution in [3.8, 4) is 0 Å². The van der Waals surface area contributed by atoms with Gasteiger partial charge in [-0.05, 0) is 25.7 Å². The predicted molar refractivity (Wildman–Crippen MR) is 78.5 cm³/mol. The molecule has 1 aromatic heterocycles. The molecule has 1 aliphatic carbocycles. The van der Waals surface area contributed by atoms with Crippen LogP contribution in [0.1, 0.15) is 52.4 Å². The molecule has 0 bridgehead atoms. The number of aromatic nitrogens is 3. The molecule has 1 fully saturated rings. The van der Waals surface area contributed by atoms with Crippen molar-refractivity contribution in [2.45, 2.75) is 58.4 Å². The fourth-order valence-electron chi connectivity index (χ4n) is 2.63. The minimum atomic E-state index is 0.565. The first-order valence-electron chi connectivity index (χ1n) is 7.54. The SMILES string of the molecule is CCCN(CCC)c1nncc(NC2CCCC2)n1. The van der Waals surface area contributed by atoms with E-state index in [1.165, 1.54) is 25.7 Å². The number of nitrogens with zero attached hydrogens (tertiary/aromatic N) is 4. The van der Waals surface area contributed by atoms with Gasteiger partial charge in [0.05, 0.1) is 6.20 Å². The molecule has 1 saturated carbocycles. The Bertz CT molecular complexity index is 370. The minimum Gasteiger partial charge on any atom is -0.366 e. The highest BCUT2D eigenvalue weighted by molar-refractivity contribution is 5.39. The third-order valence-electron chi connectivity index (χ3n) is 3.52. The molecule has 0 amide bonds. The van der Waals surface area contributed by atoms with Crippen LogP contribution in [-0.2, 0) is 0 Å². The molecule has 5 nitrogen and oxygen atoms in total. The van der Waals surface area contributed by atoms with Gasteiger partial charge in [-0.3, -0.25) is 0 Å². The standard InChI is InChI=1S/C14H25N5/c1-3-9-19(10-4-2)14-17-13(11-15-18-14)16-12-7-5-6-8-12/h11-12H,3-10H2,1-2H3,(H,16,17,18). The van der Waals surface area contributed by atoms with Crippen molar-refractivity contribution in [1.82, 2.24) is 15.2 Å². The van der Waals surface area contributed by atoms with Gasteiger partial charge in [-0.15, -0.1) is 5.10 Å². The monoisotopic (exact) mass is 263 g/mol. The molecule has 1 N–H and O–H groups in total. The van der Waals surface area contributed by atoms with E-state index in [-0.39, 0.29) is 0 Å². The highest BCUT2D eigenvalue weighted by Gasteiger charge is 2.16. The Kier molecular flexibility index (Phi) is 5.36. The van der Waals surface area contributed by atoms with Gasteiger partial charge in [0.25, 0.3) is 0 Å². The molecule has 106 valence electrons. The molecular weight excluding hydrogens is 238 g/mol. The predicted octanol–water partition coefficient (Wildman–Crippen LogP) is 2.85. The number of hydrogen-bond acceptors (Lipinski definition) is 5. The first kappa shape index (κ1) is 14.0. The topological polar surface area (TPSA) is 53.9 Å². The van der Waals surface area contributed by atoms with Gasteiger partial charge in [-0.25, -0.2) is 0 Å². The van der Waals surface area contributed by atoms with E-state index >= 15 is 0 Å². The molecule has 0 radical (unpaired) electrons. The zero-order valence-corrected chi connectivity index (χ0v) is 12.1. The molecule has 5 heteroatoms. The Balaban J connectivity index is 2.03. The van der Waals surface area contributed by atoms with Crippen molar-refractivity contribution in [2.75, 3.05) is 23.3 Å². The minimum absolute atomic E-state index is 0.565. The highest BCUT2D eigenvalue weighted by atomic mass is 15.3. The molecule has 19 heavy (non-hydrogen) atoms. The summed E-state index contributed by atoms with van der Waals surface area (Å²) in [6.45, 7) is 6.33. The molecule has 1 heterocycles. The van der Waals surface area contributed by atoms with E-state index < -0.39 is 0 Å². The van der Waals surface area contributed by atoms with Gasteiger partial charge in [-0.1, -0.05) is 26.7 Å². The van der Waals surface area contributed by atoms with E-state index in [1.807, 2.05) is 0 Å². The Labute approximate surface area is 115 Å². The van der Waals surface area contributed by atoms with Crippen LogP contribution in [0.15, 0.2) is 6.20 Å². The maximum absolute atomic E-state index is 4.62. The Hall–Kier alpha value is -1.39. The van der Waals surface area contributed by atoms with Crippen LogP contribution < -0.4 is 10.2 Å². The summed E-state index contributed by atoms with van der Waals surface area (Å²) in [6, 6.07) is 0.565. The van der Waals surface area contributed by atoms with Crippen molar-refractivity contribution < 1.29 is 0 Å². The van der Waals surface area contributed by atoms with Gasteiger partial charge >= 0.3 is 0 Å².